The van der Waals surface area contributed by atoms with Gasteiger partial charge in [-0.3, -0.25) is 9.59 Å². The van der Waals surface area contributed by atoms with E-state index >= 15 is 0 Å². The van der Waals surface area contributed by atoms with Crippen molar-refractivity contribution in [3.05, 3.63) is 16.6 Å². The summed E-state index contributed by atoms with van der Waals surface area (Å²) in [5.41, 5.74) is 7.34. The first-order valence-electron chi connectivity index (χ1n) is 5.15. The van der Waals surface area contributed by atoms with Crippen LogP contribution in [0.25, 0.3) is 0 Å². The molecule has 0 bridgehead atoms. The van der Waals surface area contributed by atoms with E-state index in [9.17, 15) is 9.59 Å². The Labute approximate surface area is 97.3 Å². The van der Waals surface area contributed by atoms with Crippen molar-refractivity contribution in [1.82, 2.24) is 9.88 Å². The first-order valence-corrected chi connectivity index (χ1v) is 6.09. The molecule has 1 aromatic rings. The van der Waals surface area contributed by atoms with Gasteiger partial charge in [0.1, 0.15) is 5.69 Å². The smallest absolute Gasteiger partial charge is 0.273 e. The van der Waals surface area contributed by atoms with Gasteiger partial charge >= 0.3 is 0 Å². The molecule has 0 aromatic carbocycles. The highest BCUT2D eigenvalue weighted by Crippen LogP contribution is 2.18. The molecule has 0 aliphatic carbocycles. The van der Waals surface area contributed by atoms with Gasteiger partial charge in [0.25, 0.3) is 5.91 Å². The predicted octanol–water partition coefficient (Wildman–Crippen LogP) is 0.481. The van der Waals surface area contributed by atoms with Gasteiger partial charge in [0.15, 0.2) is 0 Å². The summed E-state index contributed by atoms with van der Waals surface area (Å²) in [4.78, 5) is 28.7. The molecule has 6 heteroatoms. The number of rotatable bonds is 2. The van der Waals surface area contributed by atoms with Crippen molar-refractivity contribution in [1.29, 1.82) is 0 Å². The molecule has 2 heterocycles. The lowest BCUT2D eigenvalue weighted by Gasteiger charge is -2.30. The van der Waals surface area contributed by atoms with Gasteiger partial charge in [-0.15, -0.1) is 11.3 Å². The fourth-order valence-electron chi connectivity index (χ4n) is 1.87. The summed E-state index contributed by atoms with van der Waals surface area (Å²) in [6, 6.07) is 0. The maximum atomic E-state index is 11.9. The highest BCUT2D eigenvalue weighted by molar-refractivity contribution is 7.07. The van der Waals surface area contributed by atoms with Crippen LogP contribution in [0.3, 0.4) is 0 Å². The van der Waals surface area contributed by atoms with Crippen molar-refractivity contribution in [3.8, 4) is 0 Å². The van der Waals surface area contributed by atoms with Crippen molar-refractivity contribution in [2.45, 2.75) is 12.8 Å². The van der Waals surface area contributed by atoms with E-state index < -0.39 is 0 Å². The molecule has 1 atom stereocenters. The summed E-state index contributed by atoms with van der Waals surface area (Å²) in [6.07, 6.45) is 1.60. The molecular formula is C10H13N3O2S. The Morgan fingerprint density at radius 3 is 3.00 bits per heavy atom. The van der Waals surface area contributed by atoms with E-state index in [0.717, 1.165) is 12.8 Å². The highest BCUT2D eigenvalue weighted by Gasteiger charge is 2.28. The second kappa shape index (κ2) is 4.61. The molecule has 2 N–H and O–H groups in total. The summed E-state index contributed by atoms with van der Waals surface area (Å²) in [7, 11) is 0. The van der Waals surface area contributed by atoms with Gasteiger partial charge in [-0.05, 0) is 12.8 Å². The van der Waals surface area contributed by atoms with Crippen molar-refractivity contribution in [2.24, 2.45) is 11.7 Å². The number of nitrogens with zero attached hydrogens (tertiary/aromatic N) is 2. The maximum absolute atomic E-state index is 11.9. The minimum atomic E-state index is -0.323. The third-order valence-corrected chi connectivity index (χ3v) is 3.35. The van der Waals surface area contributed by atoms with Crippen LogP contribution in [0.15, 0.2) is 10.9 Å². The molecule has 0 spiro atoms. The van der Waals surface area contributed by atoms with E-state index in [1.807, 2.05) is 0 Å². The third kappa shape index (κ3) is 2.21. The van der Waals surface area contributed by atoms with E-state index in [1.54, 1.807) is 15.8 Å². The average molecular weight is 239 g/mol. The summed E-state index contributed by atoms with van der Waals surface area (Å²) in [5.74, 6) is -0.640. The van der Waals surface area contributed by atoms with Crippen LogP contribution in [-0.2, 0) is 4.79 Å². The van der Waals surface area contributed by atoms with Crippen LogP contribution >= 0.6 is 11.3 Å². The van der Waals surface area contributed by atoms with E-state index in [2.05, 4.69) is 4.98 Å². The number of carbonyl (C=O) groups is 2. The Morgan fingerprint density at radius 2 is 2.38 bits per heavy atom. The summed E-state index contributed by atoms with van der Waals surface area (Å²) < 4.78 is 0. The second-order valence-electron chi connectivity index (χ2n) is 3.87. The first kappa shape index (κ1) is 11.1. The van der Waals surface area contributed by atoms with E-state index in [4.69, 9.17) is 5.73 Å². The van der Waals surface area contributed by atoms with Crippen LogP contribution in [0.4, 0.5) is 0 Å². The third-order valence-electron chi connectivity index (χ3n) is 2.76. The molecule has 1 aromatic heterocycles. The largest absolute Gasteiger partial charge is 0.369 e. The molecular weight excluding hydrogens is 226 g/mol. The average Bonchev–Trinajstić information content (AvgIpc) is 2.81. The quantitative estimate of drug-likeness (QED) is 0.815. The zero-order valence-electron chi connectivity index (χ0n) is 8.76. The van der Waals surface area contributed by atoms with Crippen molar-refractivity contribution in [3.63, 3.8) is 0 Å². The van der Waals surface area contributed by atoms with Gasteiger partial charge in [-0.25, -0.2) is 4.98 Å². The molecule has 2 rings (SSSR count). The molecule has 1 saturated heterocycles. The van der Waals surface area contributed by atoms with Crippen LogP contribution in [0.1, 0.15) is 23.3 Å². The van der Waals surface area contributed by atoms with Crippen LogP contribution in [0.2, 0.25) is 0 Å². The molecule has 2 amide bonds. The number of hydrogen-bond donors (Lipinski definition) is 1. The molecule has 0 radical (unpaired) electrons. The van der Waals surface area contributed by atoms with Crippen LogP contribution in [0.5, 0.6) is 0 Å². The number of carbonyl (C=O) groups excluding carboxylic acids is 2. The predicted molar refractivity (Wildman–Crippen MR) is 59.9 cm³/mol. The molecule has 86 valence electrons. The molecule has 1 aliphatic heterocycles. The zero-order chi connectivity index (χ0) is 11.5. The van der Waals surface area contributed by atoms with Crippen LogP contribution in [0, 0.1) is 5.92 Å². The fourth-order valence-corrected chi connectivity index (χ4v) is 2.40. The Bertz CT molecular complexity index is 391. The fraction of sp³-hybridized carbons (Fsp3) is 0.500. The van der Waals surface area contributed by atoms with Gasteiger partial charge in [-0.1, -0.05) is 0 Å². The van der Waals surface area contributed by atoms with Gasteiger partial charge in [0.05, 0.1) is 11.4 Å². The Hall–Kier alpha value is -1.43. The lowest BCUT2D eigenvalue weighted by atomic mass is 9.97. The van der Waals surface area contributed by atoms with Gasteiger partial charge in [0, 0.05) is 18.5 Å². The number of likely N-dealkylation sites (tertiary alicyclic amines) is 1. The normalized spacial score (nSPS) is 20.8. The Morgan fingerprint density at radius 1 is 1.56 bits per heavy atom. The summed E-state index contributed by atoms with van der Waals surface area (Å²) >= 11 is 1.39. The molecule has 16 heavy (non-hydrogen) atoms. The van der Waals surface area contributed by atoms with Crippen molar-refractivity contribution < 1.29 is 9.59 Å². The summed E-state index contributed by atoms with van der Waals surface area (Å²) in [6.45, 7) is 1.10. The SMILES string of the molecule is NC(=O)C1CCCN(C(=O)c2cscn2)C1. The Kier molecular flexibility index (Phi) is 3.19. The Balaban J connectivity index is 2.05. The number of nitrogens with two attached hydrogens (primary N) is 1. The number of hydrogen-bond acceptors (Lipinski definition) is 4. The molecule has 0 saturated carbocycles. The lowest BCUT2D eigenvalue weighted by molar-refractivity contribution is -0.123. The van der Waals surface area contributed by atoms with Crippen molar-refractivity contribution in [2.75, 3.05) is 13.1 Å². The standard InChI is InChI=1S/C10H13N3O2S/c11-9(14)7-2-1-3-13(4-7)10(15)8-5-16-6-12-8/h5-7H,1-4H2,(H2,11,14). The van der Waals surface area contributed by atoms with Crippen LogP contribution in [-0.4, -0.2) is 34.8 Å². The minimum absolute atomic E-state index is 0.104. The van der Waals surface area contributed by atoms with E-state index in [1.165, 1.54) is 11.3 Å². The number of primary amides is 1. The van der Waals surface area contributed by atoms with E-state index in [-0.39, 0.29) is 17.7 Å². The number of piperidine rings is 1. The number of amides is 2. The zero-order valence-corrected chi connectivity index (χ0v) is 9.57. The first-order chi connectivity index (χ1) is 7.68. The van der Waals surface area contributed by atoms with Gasteiger partial charge in [-0.2, -0.15) is 0 Å². The number of aromatic nitrogens is 1. The molecule has 1 unspecified atom stereocenters. The minimum Gasteiger partial charge on any atom is -0.369 e. The molecule has 5 nitrogen and oxygen atoms in total. The maximum Gasteiger partial charge on any atom is 0.273 e. The van der Waals surface area contributed by atoms with Crippen molar-refractivity contribution >= 4 is 23.2 Å². The molecule has 1 fully saturated rings. The number of thiazole rings is 1. The van der Waals surface area contributed by atoms with Gasteiger partial charge < -0.3 is 10.6 Å². The second-order valence-corrected chi connectivity index (χ2v) is 4.59. The van der Waals surface area contributed by atoms with E-state index in [0.29, 0.717) is 18.8 Å². The summed E-state index contributed by atoms with van der Waals surface area (Å²) in [5, 5.41) is 1.72. The van der Waals surface area contributed by atoms with Crippen LogP contribution < -0.4 is 5.73 Å². The highest BCUT2D eigenvalue weighted by atomic mass is 32.1. The molecule has 1 aliphatic rings. The lowest BCUT2D eigenvalue weighted by Crippen LogP contribution is -2.44. The monoisotopic (exact) mass is 239 g/mol. The van der Waals surface area contributed by atoms with Gasteiger partial charge in [0.2, 0.25) is 5.91 Å². The topological polar surface area (TPSA) is 76.3 Å².